The zero-order valence-corrected chi connectivity index (χ0v) is 15.9. The molecule has 144 valence electrons. The standard InChI is InChI=1S/C20H25N3O4/c1-20(2,3)27-19(26)23-11-5-10-22(12-13-23)16-7-4-6-15-14(16)8-9-21-17(15)18(24)25/h4,6-9H,5,10-13H2,1-3H3,(H,24,25). The molecular formula is C20H25N3O4. The maximum absolute atomic E-state index is 12.4. The van der Waals surface area contributed by atoms with Gasteiger partial charge in [0, 0.05) is 48.8 Å². The first kappa shape index (κ1) is 18.9. The zero-order valence-electron chi connectivity index (χ0n) is 15.9. The third-order valence-electron chi connectivity index (χ3n) is 4.47. The van der Waals surface area contributed by atoms with Gasteiger partial charge in [-0.05, 0) is 39.3 Å². The summed E-state index contributed by atoms with van der Waals surface area (Å²) in [6.45, 7) is 8.21. The second-order valence-electron chi connectivity index (χ2n) is 7.64. The normalized spacial score (nSPS) is 15.5. The number of carboxylic acids is 1. The molecule has 0 radical (unpaired) electrons. The molecule has 0 saturated carbocycles. The zero-order chi connectivity index (χ0) is 19.6. The van der Waals surface area contributed by atoms with Crippen molar-refractivity contribution < 1.29 is 19.4 Å². The number of benzene rings is 1. The van der Waals surface area contributed by atoms with E-state index in [0.717, 1.165) is 24.0 Å². The van der Waals surface area contributed by atoms with Crippen molar-refractivity contribution in [1.82, 2.24) is 9.88 Å². The lowest BCUT2D eigenvalue weighted by molar-refractivity contribution is 0.0263. The van der Waals surface area contributed by atoms with Crippen molar-refractivity contribution in [2.24, 2.45) is 0 Å². The molecule has 1 fully saturated rings. The average molecular weight is 371 g/mol. The molecule has 7 heteroatoms. The van der Waals surface area contributed by atoms with Crippen molar-refractivity contribution in [1.29, 1.82) is 0 Å². The maximum atomic E-state index is 12.4. The van der Waals surface area contributed by atoms with Crippen LogP contribution in [-0.2, 0) is 4.74 Å². The Labute approximate surface area is 158 Å². The van der Waals surface area contributed by atoms with Gasteiger partial charge in [-0.15, -0.1) is 0 Å². The van der Waals surface area contributed by atoms with Gasteiger partial charge in [0.1, 0.15) is 5.60 Å². The van der Waals surface area contributed by atoms with E-state index in [0.29, 0.717) is 25.0 Å². The summed E-state index contributed by atoms with van der Waals surface area (Å²) < 4.78 is 5.48. The fourth-order valence-corrected chi connectivity index (χ4v) is 3.30. The minimum Gasteiger partial charge on any atom is -0.476 e. The second kappa shape index (κ2) is 7.42. The van der Waals surface area contributed by atoms with Crippen LogP contribution in [0.4, 0.5) is 10.5 Å². The average Bonchev–Trinajstić information content (AvgIpc) is 2.85. The number of ether oxygens (including phenoxy) is 1. The quantitative estimate of drug-likeness (QED) is 0.871. The molecular weight excluding hydrogens is 346 g/mol. The SMILES string of the molecule is CC(C)(C)OC(=O)N1CCCN(c2cccc3c(C(=O)O)nccc23)CC1. The van der Waals surface area contributed by atoms with Gasteiger partial charge >= 0.3 is 12.1 Å². The van der Waals surface area contributed by atoms with Gasteiger partial charge in [0.05, 0.1) is 0 Å². The molecule has 0 atom stereocenters. The molecule has 3 rings (SSSR count). The van der Waals surface area contributed by atoms with Crippen LogP contribution in [0.5, 0.6) is 0 Å². The van der Waals surface area contributed by atoms with E-state index < -0.39 is 11.6 Å². The molecule has 0 unspecified atom stereocenters. The highest BCUT2D eigenvalue weighted by molar-refractivity contribution is 6.05. The van der Waals surface area contributed by atoms with Crippen LogP contribution in [0.25, 0.3) is 10.8 Å². The molecule has 0 aliphatic carbocycles. The lowest BCUT2D eigenvalue weighted by Gasteiger charge is -2.27. The highest BCUT2D eigenvalue weighted by Gasteiger charge is 2.25. The largest absolute Gasteiger partial charge is 0.476 e. The molecule has 0 spiro atoms. The number of rotatable bonds is 2. The van der Waals surface area contributed by atoms with Gasteiger partial charge in [0.2, 0.25) is 0 Å². The third kappa shape index (κ3) is 4.30. The summed E-state index contributed by atoms with van der Waals surface area (Å²) in [7, 11) is 0. The summed E-state index contributed by atoms with van der Waals surface area (Å²) in [5, 5.41) is 10.9. The van der Waals surface area contributed by atoms with Gasteiger partial charge in [-0.2, -0.15) is 0 Å². The van der Waals surface area contributed by atoms with E-state index in [-0.39, 0.29) is 11.8 Å². The Morgan fingerprint density at radius 2 is 1.85 bits per heavy atom. The first-order chi connectivity index (χ1) is 12.8. The Bertz CT molecular complexity index is 860. The van der Waals surface area contributed by atoms with Crippen LogP contribution in [0.1, 0.15) is 37.7 Å². The first-order valence-corrected chi connectivity index (χ1v) is 9.10. The third-order valence-corrected chi connectivity index (χ3v) is 4.47. The summed E-state index contributed by atoms with van der Waals surface area (Å²) in [4.78, 5) is 31.7. The van der Waals surface area contributed by atoms with Gasteiger partial charge < -0.3 is 19.6 Å². The van der Waals surface area contributed by atoms with Gasteiger partial charge in [-0.3, -0.25) is 0 Å². The fourth-order valence-electron chi connectivity index (χ4n) is 3.30. The predicted molar refractivity (Wildman–Crippen MR) is 103 cm³/mol. The molecule has 1 aliphatic heterocycles. The van der Waals surface area contributed by atoms with E-state index in [1.807, 2.05) is 39.0 Å². The second-order valence-corrected chi connectivity index (χ2v) is 7.64. The molecule has 2 aromatic rings. The van der Waals surface area contributed by atoms with Crippen LogP contribution in [0.3, 0.4) is 0 Å². The highest BCUT2D eigenvalue weighted by Crippen LogP contribution is 2.29. The van der Waals surface area contributed by atoms with Crippen molar-refractivity contribution in [3.05, 3.63) is 36.2 Å². The van der Waals surface area contributed by atoms with E-state index in [2.05, 4.69) is 9.88 Å². The van der Waals surface area contributed by atoms with Crippen LogP contribution in [-0.4, -0.2) is 58.8 Å². The Hall–Kier alpha value is -2.83. The number of fused-ring (bicyclic) bond motifs is 1. The van der Waals surface area contributed by atoms with Crippen LogP contribution in [0, 0.1) is 0 Å². The number of aromatic nitrogens is 1. The van der Waals surface area contributed by atoms with Crippen LogP contribution >= 0.6 is 0 Å². The van der Waals surface area contributed by atoms with Crippen molar-refractivity contribution in [2.45, 2.75) is 32.8 Å². The van der Waals surface area contributed by atoms with E-state index in [4.69, 9.17) is 4.74 Å². The van der Waals surface area contributed by atoms with Gasteiger partial charge in [0.25, 0.3) is 0 Å². The lowest BCUT2D eigenvalue weighted by Crippen LogP contribution is -2.39. The van der Waals surface area contributed by atoms with E-state index in [9.17, 15) is 14.7 Å². The molecule has 1 aromatic carbocycles. The van der Waals surface area contributed by atoms with Crippen molar-refractivity contribution >= 4 is 28.5 Å². The number of hydrogen-bond acceptors (Lipinski definition) is 5. The molecule has 1 aliphatic rings. The molecule has 2 heterocycles. The minimum absolute atomic E-state index is 0.0551. The topological polar surface area (TPSA) is 83.0 Å². The summed E-state index contributed by atoms with van der Waals surface area (Å²) in [5.74, 6) is -1.04. The first-order valence-electron chi connectivity index (χ1n) is 9.10. The Kier molecular flexibility index (Phi) is 5.21. The summed E-state index contributed by atoms with van der Waals surface area (Å²) in [6, 6.07) is 7.45. The predicted octanol–water partition coefficient (Wildman–Crippen LogP) is 3.38. The summed E-state index contributed by atoms with van der Waals surface area (Å²) >= 11 is 0. The van der Waals surface area contributed by atoms with Crippen LogP contribution in [0.2, 0.25) is 0 Å². The van der Waals surface area contributed by atoms with Gasteiger partial charge in [0.15, 0.2) is 5.69 Å². The Morgan fingerprint density at radius 1 is 1.07 bits per heavy atom. The Balaban J connectivity index is 1.83. The molecule has 0 bridgehead atoms. The van der Waals surface area contributed by atoms with Crippen LogP contribution in [0.15, 0.2) is 30.5 Å². The number of carboxylic acid groups (broad SMARTS) is 1. The summed E-state index contributed by atoms with van der Waals surface area (Å²) in [5.41, 5.74) is 0.502. The monoisotopic (exact) mass is 371 g/mol. The van der Waals surface area contributed by atoms with Crippen molar-refractivity contribution in [3.63, 3.8) is 0 Å². The van der Waals surface area contributed by atoms with E-state index in [1.165, 1.54) is 6.20 Å². The number of pyridine rings is 1. The maximum Gasteiger partial charge on any atom is 0.410 e. The number of anilines is 1. The molecule has 7 nitrogen and oxygen atoms in total. The number of carbonyl (C=O) groups excluding carboxylic acids is 1. The van der Waals surface area contributed by atoms with E-state index in [1.54, 1.807) is 11.0 Å². The number of hydrogen-bond donors (Lipinski definition) is 1. The number of carbonyl (C=O) groups is 2. The number of aromatic carboxylic acids is 1. The molecule has 1 N–H and O–H groups in total. The molecule has 1 amide bonds. The number of nitrogens with zero attached hydrogens (tertiary/aromatic N) is 3. The van der Waals surface area contributed by atoms with E-state index >= 15 is 0 Å². The molecule has 1 saturated heterocycles. The van der Waals surface area contributed by atoms with Crippen LogP contribution < -0.4 is 4.90 Å². The Morgan fingerprint density at radius 3 is 2.56 bits per heavy atom. The number of amides is 1. The fraction of sp³-hybridized carbons (Fsp3) is 0.450. The van der Waals surface area contributed by atoms with Gasteiger partial charge in [-0.1, -0.05) is 12.1 Å². The van der Waals surface area contributed by atoms with Crippen molar-refractivity contribution in [2.75, 3.05) is 31.1 Å². The molecule has 27 heavy (non-hydrogen) atoms. The smallest absolute Gasteiger partial charge is 0.410 e. The minimum atomic E-state index is -1.04. The molecule has 1 aromatic heterocycles. The summed E-state index contributed by atoms with van der Waals surface area (Å²) in [6.07, 6.45) is 2.05. The lowest BCUT2D eigenvalue weighted by atomic mass is 10.1. The van der Waals surface area contributed by atoms with Gasteiger partial charge in [-0.25, -0.2) is 14.6 Å². The highest BCUT2D eigenvalue weighted by atomic mass is 16.6. The van der Waals surface area contributed by atoms with Crippen molar-refractivity contribution in [3.8, 4) is 0 Å².